The number of ether oxygens (including phenoxy) is 1. The van der Waals surface area contributed by atoms with Crippen molar-refractivity contribution in [3.05, 3.63) is 28.2 Å². The van der Waals surface area contributed by atoms with Crippen LogP contribution in [0.1, 0.15) is 17.3 Å². The summed E-state index contributed by atoms with van der Waals surface area (Å²) in [5, 5.41) is 1.89. The van der Waals surface area contributed by atoms with E-state index in [-0.39, 0.29) is 5.75 Å². The number of aldehydes is 1. The molecule has 0 spiro atoms. The number of benzene rings is 1. The van der Waals surface area contributed by atoms with Crippen molar-refractivity contribution < 1.29 is 19.1 Å². The predicted molar refractivity (Wildman–Crippen MR) is 67.3 cm³/mol. The van der Waals surface area contributed by atoms with E-state index in [0.29, 0.717) is 16.3 Å². The second-order valence-corrected chi connectivity index (χ2v) is 4.33. The molecule has 1 unspecified atom stereocenters. The smallest absolute Gasteiger partial charge is 0.318 e. The summed E-state index contributed by atoms with van der Waals surface area (Å²) in [6, 6.07) is 3.81. The van der Waals surface area contributed by atoms with Gasteiger partial charge in [-0.05, 0) is 25.1 Å². The Kier molecular flexibility index (Phi) is 4.85. The molecule has 96 valence electrons. The molecule has 3 N–H and O–H groups in total. The highest BCUT2D eigenvalue weighted by molar-refractivity contribution is 9.10. The lowest BCUT2D eigenvalue weighted by Crippen LogP contribution is -2.42. The summed E-state index contributed by atoms with van der Waals surface area (Å²) in [4.78, 5) is 32.7. The van der Waals surface area contributed by atoms with Crippen molar-refractivity contribution in [3.8, 4) is 5.75 Å². The number of primary amides is 1. The Hall–Kier alpha value is -1.89. The molecule has 0 fully saturated rings. The number of rotatable bonds is 4. The zero-order valence-corrected chi connectivity index (χ0v) is 11.1. The fourth-order valence-corrected chi connectivity index (χ4v) is 1.56. The minimum absolute atomic E-state index is 0.250. The monoisotopic (exact) mass is 314 g/mol. The average Bonchev–Trinajstić information content (AvgIpc) is 2.30. The first-order valence-electron chi connectivity index (χ1n) is 4.95. The van der Waals surface area contributed by atoms with Crippen molar-refractivity contribution in [3.63, 3.8) is 0 Å². The van der Waals surface area contributed by atoms with Gasteiger partial charge >= 0.3 is 6.03 Å². The third kappa shape index (κ3) is 3.85. The number of imide groups is 1. The topological polar surface area (TPSA) is 98.5 Å². The highest BCUT2D eigenvalue weighted by atomic mass is 79.9. The highest BCUT2D eigenvalue weighted by Gasteiger charge is 2.17. The summed E-state index contributed by atoms with van der Waals surface area (Å²) in [7, 11) is 0. The third-order valence-corrected chi connectivity index (χ3v) is 2.51. The van der Waals surface area contributed by atoms with Crippen molar-refractivity contribution in [2.45, 2.75) is 13.0 Å². The molecule has 1 atom stereocenters. The normalized spacial score (nSPS) is 11.4. The second kappa shape index (κ2) is 6.15. The highest BCUT2D eigenvalue weighted by Crippen LogP contribution is 2.22. The van der Waals surface area contributed by atoms with Gasteiger partial charge < -0.3 is 10.5 Å². The molecule has 0 saturated carbocycles. The van der Waals surface area contributed by atoms with E-state index in [1.54, 1.807) is 18.2 Å². The zero-order chi connectivity index (χ0) is 13.7. The van der Waals surface area contributed by atoms with Crippen LogP contribution in [0.5, 0.6) is 5.75 Å². The number of urea groups is 1. The van der Waals surface area contributed by atoms with Crippen LogP contribution in [0, 0.1) is 0 Å². The van der Waals surface area contributed by atoms with Gasteiger partial charge in [0.25, 0.3) is 5.91 Å². The minimum atomic E-state index is -0.957. The molecule has 0 aliphatic carbocycles. The van der Waals surface area contributed by atoms with Crippen LogP contribution in [-0.4, -0.2) is 24.3 Å². The molecule has 0 aliphatic rings. The van der Waals surface area contributed by atoms with Crippen LogP contribution in [0.25, 0.3) is 0 Å². The lowest BCUT2D eigenvalue weighted by atomic mass is 10.2. The number of hydrogen-bond acceptors (Lipinski definition) is 4. The summed E-state index contributed by atoms with van der Waals surface area (Å²) >= 11 is 3.21. The van der Waals surface area contributed by atoms with Crippen LogP contribution in [0.15, 0.2) is 22.7 Å². The number of halogens is 1. The van der Waals surface area contributed by atoms with Gasteiger partial charge in [0.15, 0.2) is 12.4 Å². The van der Waals surface area contributed by atoms with Crippen LogP contribution >= 0.6 is 15.9 Å². The quantitative estimate of drug-likeness (QED) is 0.816. The second-order valence-electron chi connectivity index (χ2n) is 3.41. The number of amides is 3. The summed E-state index contributed by atoms with van der Waals surface area (Å²) in [5.41, 5.74) is 5.11. The van der Waals surface area contributed by atoms with Gasteiger partial charge in [0.2, 0.25) is 0 Å². The molecule has 18 heavy (non-hydrogen) atoms. The molecule has 0 bridgehead atoms. The van der Waals surface area contributed by atoms with Gasteiger partial charge in [0.05, 0.1) is 5.56 Å². The molecule has 1 aromatic carbocycles. The summed E-state index contributed by atoms with van der Waals surface area (Å²) in [5.74, 6) is -0.428. The van der Waals surface area contributed by atoms with E-state index >= 15 is 0 Å². The molecule has 0 aliphatic heterocycles. The SMILES string of the molecule is CC(Oc1ccc(Br)cc1C=O)C(=O)NC(N)=O. The van der Waals surface area contributed by atoms with Gasteiger partial charge in [-0.15, -0.1) is 0 Å². The number of nitrogens with one attached hydrogen (secondary N) is 1. The van der Waals surface area contributed by atoms with Crippen molar-refractivity contribution in [2.75, 3.05) is 0 Å². The predicted octanol–water partition coefficient (Wildman–Crippen LogP) is 1.22. The molecule has 6 nitrogen and oxygen atoms in total. The van der Waals surface area contributed by atoms with Crippen LogP contribution in [0.3, 0.4) is 0 Å². The fourth-order valence-electron chi connectivity index (χ4n) is 1.19. The number of hydrogen-bond donors (Lipinski definition) is 2. The largest absolute Gasteiger partial charge is 0.480 e. The van der Waals surface area contributed by atoms with Crippen LogP contribution < -0.4 is 15.8 Å². The van der Waals surface area contributed by atoms with E-state index in [0.717, 1.165) is 0 Å². The van der Waals surface area contributed by atoms with Crippen LogP contribution in [-0.2, 0) is 4.79 Å². The van der Waals surface area contributed by atoms with E-state index in [1.165, 1.54) is 6.92 Å². The van der Waals surface area contributed by atoms with Crippen LogP contribution in [0.4, 0.5) is 4.79 Å². The van der Waals surface area contributed by atoms with E-state index in [4.69, 9.17) is 10.5 Å². The lowest BCUT2D eigenvalue weighted by Gasteiger charge is -2.14. The standard InChI is InChI=1S/C11H11BrN2O4/c1-6(10(16)14-11(13)17)18-9-3-2-8(12)4-7(9)5-15/h2-6H,1H3,(H3,13,14,16,17). The first-order valence-corrected chi connectivity index (χ1v) is 5.75. The molecule has 0 aromatic heterocycles. The maximum atomic E-state index is 11.4. The molecular formula is C11H11BrN2O4. The van der Waals surface area contributed by atoms with Crippen molar-refractivity contribution >= 4 is 34.2 Å². The van der Waals surface area contributed by atoms with Crippen molar-refractivity contribution in [1.29, 1.82) is 0 Å². The third-order valence-electron chi connectivity index (χ3n) is 2.02. The van der Waals surface area contributed by atoms with Gasteiger partial charge in [0, 0.05) is 4.47 Å². The van der Waals surface area contributed by atoms with Crippen molar-refractivity contribution in [1.82, 2.24) is 5.32 Å². The Balaban J connectivity index is 2.81. The Morgan fingerprint density at radius 2 is 2.17 bits per heavy atom. The van der Waals surface area contributed by atoms with E-state index in [9.17, 15) is 14.4 Å². The average molecular weight is 315 g/mol. The zero-order valence-electron chi connectivity index (χ0n) is 9.48. The van der Waals surface area contributed by atoms with E-state index in [2.05, 4.69) is 15.9 Å². The first kappa shape index (κ1) is 14.2. The molecule has 0 heterocycles. The number of carbonyl (C=O) groups excluding carboxylic acids is 3. The van der Waals surface area contributed by atoms with Gasteiger partial charge in [-0.2, -0.15) is 0 Å². The summed E-state index contributed by atoms with van der Waals surface area (Å²) in [6.45, 7) is 1.44. The molecule has 1 aromatic rings. The number of carbonyl (C=O) groups is 3. The van der Waals surface area contributed by atoms with Crippen LogP contribution in [0.2, 0.25) is 0 Å². The summed E-state index contributed by atoms with van der Waals surface area (Å²) in [6.07, 6.45) is -0.337. The van der Waals surface area contributed by atoms with Gasteiger partial charge in [-0.25, -0.2) is 4.79 Å². The molecule has 0 radical (unpaired) electrons. The maximum absolute atomic E-state index is 11.4. The van der Waals surface area contributed by atoms with Gasteiger partial charge in [-0.3, -0.25) is 14.9 Å². The minimum Gasteiger partial charge on any atom is -0.480 e. The molecule has 0 saturated heterocycles. The summed E-state index contributed by atoms with van der Waals surface area (Å²) < 4.78 is 6.00. The Bertz CT molecular complexity index is 490. The maximum Gasteiger partial charge on any atom is 0.318 e. The van der Waals surface area contributed by atoms with Gasteiger partial charge in [-0.1, -0.05) is 15.9 Å². The van der Waals surface area contributed by atoms with Gasteiger partial charge in [0.1, 0.15) is 5.75 Å². The van der Waals surface area contributed by atoms with E-state index < -0.39 is 18.0 Å². The lowest BCUT2D eigenvalue weighted by molar-refractivity contribution is -0.126. The molecule has 1 rings (SSSR count). The Labute approximate surface area is 112 Å². The fraction of sp³-hybridized carbons (Fsp3) is 0.182. The molecule has 3 amide bonds. The molecular weight excluding hydrogens is 304 g/mol. The number of nitrogens with two attached hydrogens (primary N) is 1. The Morgan fingerprint density at radius 1 is 1.50 bits per heavy atom. The first-order chi connectivity index (χ1) is 8.43. The Morgan fingerprint density at radius 3 is 2.72 bits per heavy atom. The van der Waals surface area contributed by atoms with E-state index in [1.807, 2.05) is 5.32 Å². The molecule has 7 heteroatoms. The van der Waals surface area contributed by atoms with Crippen molar-refractivity contribution in [2.24, 2.45) is 5.73 Å².